The van der Waals surface area contributed by atoms with Crippen molar-refractivity contribution in [2.75, 3.05) is 17.3 Å². The fourth-order valence-electron chi connectivity index (χ4n) is 1.12. The van der Waals surface area contributed by atoms with Gasteiger partial charge in [0.1, 0.15) is 5.02 Å². The third kappa shape index (κ3) is 3.80. The van der Waals surface area contributed by atoms with Crippen molar-refractivity contribution < 1.29 is 5.11 Å². The maximum Gasteiger partial charge on any atom is 0.239 e. The number of hydrogen-bond donors (Lipinski definition) is 4. The Bertz CT molecular complexity index is 336. The van der Waals surface area contributed by atoms with Crippen LogP contribution in [0.5, 0.6) is 0 Å². The van der Waals surface area contributed by atoms with Gasteiger partial charge in [0.05, 0.1) is 12.3 Å². The highest BCUT2D eigenvalue weighted by molar-refractivity contribution is 6.32. The molecular weight excluding hydrogens is 230 g/mol. The second-order valence-electron chi connectivity index (χ2n) is 3.31. The number of nitrogen functional groups attached to an aromatic ring is 1. The van der Waals surface area contributed by atoms with Crippen LogP contribution >= 0.6 is 11.6 Å². The number of halogens is 1. The molecule has 0 radical (unpaired) electrons. The molecule has 1 atom stereocenters. The summed E-state index contributed by atoms with van der Waals surface area (Å²) in [4.78, 5) is 7.89. The first-order valence-electron chi connectivity index (χ1n) is 5.08. The number of nitrogens with one attached hydrogen (secondary N) is 2. The lowest BCUT2D eigenvalue weighted by atomic mass is 10.2. The van der Waals surface area contributed by atoms with Crippen LogP contribution in [0.15, 0.2) is 6.20 Å². The Kier molecular flexibility index (Phi) is 5.24. The van der Waals surface area contributed by atoms with Gasteiger partial charge in [0.2, 0.25) is 5.95 Å². The number of aliphatic hydroxyl groups excluding tert-OH is 1. The SMILES string of the molecule is CCC(O)CCNc1nc(NN)ncc1Cl. The quantitative estimate of drug-likeness (QED) is 0.441. The standard InChI is InChI=1S/C9H16ClN5O/c1-2-6(16)3-4-12-8-7(10)5-13-9(14-8)15-11/h5-6,16H,2-4,11H2,1H3,(H2,12,13,14,15). The van der Waals surface area contributed by atoms with E-state index in [-0.39, 0.29) is 6.10 Å². The zero-order chi connectivity index (χ0) is 12.0. The van der Waals surface area contributed by atoms with Gasteiger partial charge in [-0.2, -0.15) is 4.98 Å². The third-order valence-corrected chi connectivity index (χ3v) is 2.39. The van der Waals surface area contributed by atoms with E-state index in [1.165, 1.54) is 6.20 Å². The number of nitrogens with two attached hydrogens (primary N) is 1. The topological polar surface area (TPSA) is 96.1 Å². The van der Waals surface area contributed by atoms with E-state index in [9.17, 15) is 5.11 Å². The highest BCUT2D eigenvalue weighted by Gasteiger charge is 2.05. The molecule has 0 saturated heterocycles. The molecule has 0 aliphatic rings. The summed E-state index contributed by atoms with van der Waals surface area (Å²) < 4.78 is 0. The molecule has 5 N–H and O–H groups in total. The molecule has 6 nitrogen and oxygen atoms in total. The molecule has 1 aromatic heterocycles. The molecule has 16 heavy (non-hydrogen) atoms. The van der Waals surface area contributed by atoms with Crippen LogP contribution in [0.4, 0.5) is 11.8 Å². The summed E-state index contributed by atoms with van der Waals surface area (Å²) in [5, 5.41) is 12.8. The molecule has 1 heterocycles. The average molecular weight is 246 g/mol. The second-order valence-corrected chi connectivity index (χ2v) is 3.72. The van der Waals surface area contributed by atoms with Crippen molar-refractivity contribution in [2.24, 2.45) is 5.84 Å². The fraction of sp³-hybridized carbons (Fsp3) is 0.556. The molecule has 0 aliphatic heterocycles. The molecule has 7 heteroatoms. The number of aliphatic hydroxyl groups is 1. The smallest absolute Gasteiger partial charge is 0.239 e. The van der Waals surface area contributed by atoms with Gasteiger partial charge in [-0.3, -0.25) is 5.43 Å². The van der Waals surface area contributed by atoms with Gasteiger partial charge in [-0.15, -0.1) is 0 Å². The largest absolute Gasteiger partial charge is 0.393 e. The molecule has 1 aromatic rings. The van der Waals surface area contributed by atoms with Crippen LogP contribution in [0.1, 0.15) is 19.8 Å². The Hall–Kier alpha value is -1.11. The number of nitrogens with zero attached hydrogens (tertiary/aromatic N) is 2. The number of hydrazine groups is 1. The summed E-state index contributed by atoms with van der Waals surface area (Å²) in [6.07, 6.45) is 2.53. The minimum Gasteiger partial charge on any atom is -0.393 e. The van der Waals surface area contributed by atoms with Crippen LogP contribution in [0.2, 0.25) is 5.02 Å². The average Bonchev–Trinajstić information content (AvgIpc) is 2.31. The Balaban J connectivity index is 2.52. The van der Waals surface area contributed by atoms with Gasteiger partial charge in [-0.1, -0.05) is 18.5 Å². The molecule has 0 aromatic carbocycles. The van der Waals surface area contributed by atoms with E-state index in [0.717, 1.165) is 6.42 Å². The molecule has 0 bridgehead atoms. The van der Waals surface area contributed by atoms with Crippen molar-refractivity contribution in [3.63, 3.8) is 0 Å². The zero-order valence-corrected chi connectivity index (χ0v) is 9.83. The number of rotatable bonds is 6. The van der Waals surface area contributed by atoms with Crippen LogP contribution in [-0.2, 0) is 0 Å². The molecule has 0 aliphatic carbocycles. The van der Waals surface area contributed by atoms with Crippen molar-refractivity contribution in [3.05, 3.63) is 11.2 Å². The first-order chi connectivity index (χ1) is 7.67. The minimum atomic E-state index is -0.305. The van der Waals surface area contributed by atoms with Gasteiger partial charge < -0.3 is 10.4 Å². The fourth-order valence-corrected chi connectivity index (χ4v) is 1.28. The van der Waals surface area contributed by atoms with E-state index < -0.39 is 0 Å². The monoisotopic (exact) mass is 245 g/mol. The van der Waals surface area contributed by atoms with E-state index in [1.807, 2.05) is 6.92 Å². The second kappa shape index (κ2) is 6.47. The van der Waals surface area contributed by atoms with E-state index >= 15 is 0 Å². The predicted octanol–water partition coefficient (Wildman–Crippen LogP) is 0.988. The summed E-state index contributed by atoms with van der Waals surface area (Å²) in [6, 6.07) is 0. The Morgan fingerprint density at radius 3 is 3.00 bits per heavy atom. The van der Waals surface area contributed by atoms with Crippen LogP contribution in [0.3, 0.4) is 0 Å². The van der Waals surface area contributed by atoms with Crippen molar-refractivity contribution in [1.82, 2.24) is 9.97 Å². The van der Waals surface area contributed by atoms with E-state index in [2.05, 4.69) is 20.7 Å². The first kappa shape index (κ1) is 13.0. The zero-order valence-electron chi connectivity index (χ0n) is 9.07. The highest BCUT2D eigenvalue weighted by Crippen LogP contribution is 2.18. The molecule has 0 amide bonds. The number of anilines is 2. The van der Waals surface area contributed by atoms with Crippen LogP contribution < -0.4 is 16.6 Å². The summed E-state index contributed by atoms with van der Waals surface area (Å²) >= 11 is 5.88. The van der Waals surface area contributed by atoms with Crippen molar-refractivity contribution in [1.29, 1.82) is 0 Å². The summed E-state index contributed by atoms with van der Waals surface area (Å²) in [5.74, 6) is 5.98. The van der Waals surface area contributed by atoms with Crippen LogP contribution in [-0.4, -0.2) is 27.7 Å². The van der Waals surface area contributed by atoms with Gasteiger partial charge in [-0.05, 0) is 12.8 Å². The van der Waals surface area contributed by atoms with Crippen molar-refractivity contribution in [2.45, 2.75) is 25.9 Å². The molecule has 1 rings (SSSR count). The Morgan fingerprint density at radius 1 is 1.62 bits per heavy atom. The summed E-state index contributed by atoms with van der Waals surface area (Å²) in [7, 11) is 0. The van der Waals surface area contributed by atoms with Gasteiger partial charge in [0.15, 0.2) is 5.82 Å². The number of aromatic nitrogens is 2. The van der Waals surface area contributed by atoms with Gasteiger partial charge in [0.25, 0.3) is 0 Å². The van der Waals surface area contributed by atoms with Crippen LogP contribution in [0, 0.1) is 0 Å². The third-order valence-electron chi connectivity index (χ3n) is 2.11. The Labute approximate surface area is 99.2 Å². The lowest BCUT2D eigenvalue weighted by Gasteiger charge is -2.10. The van der Waals surface area contributed by atoms with Crippen molar-refractivity contribution in [3.8, 4) is 0 Å². The molecule has 0 fully saturated rings. The number of hydrogen-bond acceptors (Lipinski definition) is 6. The molecule has 1 unspecified atom stereocenters. The van der Waals surface area contributed by atoms with E-state index in [1.54, 1.807) is 0 Å². The van der Waals surface area contributed by atoms with Crippen molar-refractivity contribution >= 4 is 23.4 Å². The van der Waals surface area contributed by atoms with Gasteiger partial charge in [-0.25, -0.2) is 10.8 Å². The maximum absolute atomic E-state index is 9.37. The summed E-state index contributed by atoms with van der Waals surface area (Å²) in [6.45, 7) is 2.52. The molecule has 90 valence electrons. The molecular formula is C9H16ClN5O. The minimum absolute atomic E-state index is 0.294. The normalized spacial score (nSPS) is 12.2. The molecule has 0 spiro atoms. The maximum atomic E-state index is 9.37. The van der Waals surface area contributed by atoms with Gasteiger partial charge >= 0.3 is 0 Å². The first-order valence-corrected chi connectivity index (χ1v) is 5.46. The molecule has 0 saturated carbocycles. The van der Waals surface area contributed by atoms with Gasteiger partial charge in [0, 0.05) is 6.54 Å². The Morgan fingerprint density at radius 2 is 2.38 bits per heavy atom. The van der Waals surface area contributed by atoms with E-state index in [0.29, 0.717) is 29.8 Å². The highest BCUT2D eigenvalue weighted by atomic mass is 35.5. The van der Waals surface area contributed by atoms with Crippen LogP contribution in [0.25, 0.3) is 0 Å². The lowest BCUT2D eigenvalue weighted by molar-refractivity contribution is 0.164. The summed E-state index contributed by atoms with van der Waals surface area (Å²) in [5.41, 5.74) is 2.33. The lowest BCUT2D eigenvalue weighted by Crippen LogP contribution is -2.15. The van der Waals surface area contributed by atoms with E-state index in [4.69, 9.17) is 17.4 Å². The predicted molar refractivity (Wildman–Crippen MR) is 64.3 cm³/mol.